The molecule has 1 fully saturated rings. The SMILES string of the molecule is O=C(Nc1ccc(NCC2CCCC2)cc1)c1ccc(Oc2cccnc2)cc1. The molecule has 0 atom stereocenters. The summed E-state index contributed by atoms with van der Waals surface area (Å²) in [5, 5.41) is 6.43. The van der Waals surface area contributed by atoms with Crippen molar-refractivity contribution in [3.05, 3.63) is 78.6 Å². The maximum absolute atomic E-state index is 12.5. The van der Waals surface area contributed by atoms with Crippen LogP contribution in [0.1, 0.15) is 36.0 Å². The third kappa shape index (κ3) is 5.35. The van der Waals surface area contributed by atoms with Crippen molar-refractivity contribution in [3.63, 3.8) is 0 Å². The number of benzene rings is 2. The van der Waals surface area contributed by atoms with Crippen molar-refractivity contribution in [2.75, 3.05) is 17.2 Å². The Bertz CT molecular complexity index is 919. The summed E-state index contributed by atoms with van der Waals surface area (Å²) >= 11 is 0. The predicted molar refractivity (Wildman–Crippen MR) is 116 cm³/mol. The second kappa shape index (κ2) is 9.24. The third-order valence-corrected chi connectivity index (χ3v) is 5.20. The number of hydrogen-bond donors (Lipinski definition) is 2. The number of ether oxygens (including phenoxy) is 1. The molecule has 2 N–H and O–H groups in total. The van der Waals surface area contributed by atoms with Crippen molar-refractivity contribution >= 4 is 17.3 Å². The topological polar surface area (TPSA) is 63.2 Å². The molecule has 1 saturated carbocycles. The molecule has 1 aromatic heterocycles. The van der Waals surface area contributed by atoms with Crippen molar-refractivity contribution in [3.8, 4) is 11.5 Å². The number of pyridine rings is 1. The fourth-order valence-electron chi connectivity index (χ4n) is 3.57. The zero-order chi connectivity index (χ0) is 19.9. The van der Waals surface area contributed by atoms with E-state index in [0.717, 1.165) is 23.8 Å². The number of nitrogens with one attached hydrogen (secondary N) is 2. The van der Waals surface area contributed by atoms with Gasteiger partial charge in [0.1, 0.15) is 11.5 Å². The molecule has 1 heterocycles. The minimum atomic E-state index is -0.149. The minimum Gasteiger partial charge on any atom is -0.456 e. The highest BCUT2D eigenvalue weighted by molar-refractivity contribution is 6.04. The summed E-state index contributed by atoms with van der Waals surface area (Å²) in [6, 6.07) is 18.6. The highest BCUT2D eigenvalue weighted by atomic mass is 16.5. The van der Waals surface area contributed by atoms with Crippen LogP contribution in [-0.4, -0.2) is 17.4 Å². The maximum Gasteiger partial charge on any atom is 0.255 e. The first-order chi connectivity index (χ1) is 14.3. The molecule has 5 heteroatoms. The lowest BCUT2D eigenvalue weighted by Crippen LogP contribution is -2.12. The first-order valence-electron chi connectivity index (χ1n) is 10.1. The molecule has 0 saturated heterocycles. The smallest absolute Gasteiger partial charge is 0.255 e. The largest absolute Gasteiger partial charge is 0.456 e. The van der Waals surface area contributed by atoms with Gasteiger partial charge in [0.25, 0.3) is 5.91 Å². The molecule has 0 radical (unpaired) electrons. The highest BCUT2D eigenvalue weighted by Gasteiger charge is 2.14. The number of hydrogen-bond acceptors (Lipinski definition) is 4. The van der Waals surface area contributed by atoms with Crippen molar-refractivity contribution < 1.29 is 9.53 Å². The average Bonchev–Trinajstić information content (AvgIpc) is 3.28. The molecule has 0 aliphatic heterocycles. The van der Waals surface area contributed by atoms with Gasteiger partial charge in [0, 0.05) is 29.7 Å². The molecule has 1 aliphatic rings. The fourth-order valence-corrected chi connectivity index (χ4v) is 3.57. The van der Waals surface area contributed by atoms with Gasteiger partial charge in [-0.25, -0.2) is 0 Å². The number of rotatable bonds is 7. The molecule has 4 rings (SSSR count). The Kier molecular flexibility index (Phi) is 6.05. The summed E-state index contributed by atoms with van der Waals surface area (Å²) in [6.07, 6.45) is 8.70. The maximum atomic E-state index is 12.5. The zero-order valence-electron chi connectivity index (χ0n) is 16.3. The second-order valence-corrected chi connectivity index (χ2v) is 7.38. The fraction of sp³-hybridized carbons (Fsp3) is 0.250. The average molecular weight is 387 g/mol. The van der Waals surface area contributed by atoms with Crippen LogP contribution in [0.2, 0.25) is 0 Å². The number of amides is 1. The van der Waals surface area contributed by atoms with Crippen LogP contribution >= 0.6 is 0 Å². The lowest BCUT2D eigenvalue weighted by Gasteiger charge is -2.12. The second-order valence-electron chi connectivity index (χ2n) is 7.38. The van der Waals surface area contributed by atoms with Crippen molar-refractivity contribution in [1.82, 2.24) is 4.98 Å². The van der Waals surface area contributed by atoms with Crippen LogP contribution < -0.4 is 15.4 Å². The van der Waals surface area contributed by atoms with E-state index in [1.807, 2.05) is 36.4 Å². The molecule has 0 spiro atoms. The molecule has 0 bridgehead atoms. The highest BCUT2D eigenvalue weighted by Crippen LogP contribution is 2.25. The van der Waals surface area contributed by atoms with Gasteiger partial charge in [-0.2, -0.15) is 0 Å². The summed E-state index contributed by atoms with van der Waals surface area (Å²) in [6.45, 7) is 1.03. The van der Waals surface area contributed by atoms with E-state index in [1.165, 1.54) is 25.7 Å². The monoisotopic (exact) mass is 387 g/mol. The summed E-state index contributed by atoms with van der Waals surface area (Å²) in [5.74, 6) is 1.96. The Hall–Kier alpha value is -3.34. The van der Waals surface area contributed by atoms with Crippen LogP contribution in [0.3, 0.4) is 0 Å². The van der Waals surface area contributed by atoms with Crippen LogP contribution in [-0.2, 0) is 0 Å². The van der Waals surface area contributed by atoms with Gasteiger partial charge in [0.05, 0.1) is 6.20 Å². The number of carbonyl (C=O) groups is 1. The van der Waals surface area contributed by atoms with E-state index in [4.69, 9.17) is 4.74 Å². The summed E-state index contributed by atoms with van der Waals surface area (Å²) in [5.41, 5.74) is 2.44. The van der Waals surface area contributed by atoms with E-state index in [1.54, 1.807) is 36.7 Å². The molecule has 3 aromatic rings. The van der Waals surface area contributed by atoms with Crippen molar-refractivity contribution in [2.24, 2.45) is 5.92 Å². The molecule has 0 unspecified atom stereocenters. The van der Waals surface area contributed by atoms with Crippen LogP contribution in [0.4, 0.5) is 11.4 Å². The lowest BCUT2D eigenvalue weighted by molar-refractivity contribution is 0.102. The van der Waals surface area contributed by atoms with E-state index in [2.05, 4.69) is 15.6 Å². The number of carbonyl (C=O) groups excluding carboxylic acids is 1. The van der Waals surface area contributed by atoms with Gasteiger partial charge in [-0.15, -0.1) is 0 Å². The van der Waals surface area contributed by atoms with Crippen LogP contribution in [0.15, 0.2) is 73.1 Å². The molecule has 1 amide bonds. The van der Waals surface area contributed by atoms with Crippen LogP contribution in [0.5, 0.6) is 11.5 Å². The Morgan fingerprint density at radius 2 is 1.66 bits per heavy atom. The Morgan fingerprint density at radius 3 is 2.34 bits per heavy atom. The molecule has 5 nitrogen and oxygen atoms in total. The van der Waals surface area contributed by atoms with Gasteiger partial charge in [0.2, 0.25) is 0 Å². The standard InChI is InChI=1S/C24H25N3O2/c28-24(19-7-13-22(14-8-19)29-23-6-3-15-25-17-23)27-21-11-9-20(10-12-21)26-16-18-4-1-2-5-18/h3,6-15,17-18,26H,1-2,4-5,16H2,(H,27,28). The Morgan fingerprint density at radius 1 is 0.931 bits per heavy atom. The van der Waals surface area contributed by atoms with Gasteiger partial charge < -0.3 is 15.4 Å². The third-order valence-electron chi connectivity index (χ3n) is 5.20. The first kappa shape index (κ1) is 19.0. The van der Waals surface area contributed by atoms with Crippen molar-refractivity contribution in [1.29, 1.82) is 0 Å². The minimum absolute atomic E-state index is 0.149. The number of nitrogens with zero attached hydrogens (tertiary/aromatic N) is 1. The van der Waals surface area contributed by atoms with Gasteiger partial charge in [-0.1, -0.05) is 12.8 Å². The van der Waals surface area contributed by atoms with E-state index in [0.29, 0.717) is 17.1 Å². The molecular formula is C24H25N3O2. The van der Waals surface area contributed by atoms with Gasteiger partial charge in [0.15, 0.2) is 0 Å². The van der Waals surface area contributed by atoms with Gasteiger partial charge in [-0.05, 0) is 79.4 Å². The number of anilines is 2. The predicted octanol–water partition coefficient (Wildman–Crippen LogP) is 5.73. The van der Waals surface area contributed by atoms with E-state index in [9.17, 15) is 4.79 Å². The molecule has 29 heavy (non-hydrogen) atoms. The Balaban J connectivity index is 1.30. The Labute approximate surface area is 171 Å². The van der Waals surface area contributed by atoms with Crippen molar-refractivity contribution in [2.45, 2.75) is 25.7 Å². The first-order valence-corrected chi connectivity index (χ1v) is 10.1. The normalized spacial score (nSPS) is 13.8. The number of aromatic nitrogens is 1. The zero-order valence-corrected chi connectivity index (χ0v) is 16.3. The molecule has 1 aliphatic carbocycles. The summed E-state index contributed by atoms with van der Waals surface area (Å²) in [4.78, 5) is 16.5. The van der Waals surface area contributed by atoms with Gasteiger partial charge >= 0.3 is 0 Å². The van der Waals surface area contributed by atoms with Crippen LogP contribution in [0.25, 0.3) is 0 Å². The summed E-state index contributed by atoms with van der Waals surface area (Å²) in [7, 11) is 0. The quantitative estimate of drug-likeness (QED) is 0.543. The van der Waals surface area contributed by atoms with E-state index in [-0.39, 0.29) is 5.91 Å². The molecule has 2 aromatic carbocycles. The lowest BCUT2D eigenvalue weighted by atomic mass is 10.1. The van der Waals surface area contributed by atoms with E-state index < -0.39 is 0 Å². The molecular weight excluding hydrogens is 362 g/mol. The van der Waals surface area contributed by atoms with E-state index >= 15 is 0 Å². The van der Waals surface area contributed by atoms with Crippen LogP contribution in [0, 0.1) is 5.92 Å². The summed E-state index contributed by atoms with van der Waals surface area (Å²) < 4.78 is 5.70. The van der Waals surface area contributed by atoms with Gasteiger partial charge in [-0.3, -0.25) is 9.78 Å². The molecule has 148 valence electrons.